The minimum atomic E-state index is 0.726. The fourth-order valence-corrected chi connectivity index (χ4v) is 1.44. The van der Waals surface area contributed by atoms with Gasteiger partial charge in [0.1, 0.15) is 5.75 Å². The van der Waals surface area contributed by atoms with Gasteiger partial charge in [-0.25, -0.2) is 9.97 Å². The molecular formula is C9H7BrN2O. The lowest BCUT2D eigenvalue weighted by Gasteiger charge is -2.00. The molecule has 3 nitrogen and oxygen atoms in total. The highest BCUT2D eigenvalue weighted by Crippen LogP contribution is 2.19. The fourth-order valence-electron chi connectivity index (χ4n) is 1.09. The van der Waals surface area contributed by atoms with E-state index in [0.717, 1.165) is 21.3 Å². The van der Waals surface area contributed by atoms with Crippen LogP contribution < -0.4 is 4.74 Å². The average Bonchev–Trinajstić information content (AvgIpc) is 2.16. The quantitative estimate of drug-likeness (QED) is 0.766. The van der Waals surface area contributed by atoms with Gasteiger partial charge in [-0.15, -0.1) is 0 Å². The summed E-state index contributed by atoms with van der Waals surface area (Å²) in [5, 5.41) is 0.966. The van der Waals surface area contributed by atoms with Crippen molar-refractivity contribution >= 4 is 27.0 Å². The normalized spacial score (nSPS) is 10.3. The molecule has 4 heteroatoms. The number of nitrogens with zero attached hydrogens (tertiary/aromatic N) is 2. The van der Waals surface area contributed by atoms with Crippen LogP contribution >= 0.6 is 15.9 Å². The van der Waals surface area contributed by atoms with Gasteiger partial charge in [0.15, 0.2) is 5.65 Å². The molecule has 0 spiro atoms. The molecule has 2 aromatic heterocycles. The molecule has 2 aromatic rings. The Morgan fingerprint density at radius 2 is 2.00 bits per heavy atom. The van der Waals surface area contributed by atoms with Gasteiger partial charge in [-0.3, -0.25) is 0 Å². The van der Waals surface area contributed by atoms with E-state index in [9.17, 15) is 0 Å². The van der Waals surface area contributed by atoms with Gasteiger partial charge in [0, 0.05) is 16.1 Å². The van der Waals surface area contributed by atoms with Gasteiger partial charge < -0.3 is 4.74 Å². The van der Waals surface area contributed by atoms with Crippen LogP contribution in [0.4, 0.5) is 0 Å². The molecule has 66 valence electrons. The maximum Gasteiger partial charge on any atom is 0.159 e. The molecule has 0 aliphatic carbocycles. The Morgan fingerprint density at radius 1 is 1.23 bits per heavy atom. The van der Waals surface area contributed by atoms with Crippen LogP contribution in [0.25, 0.3) is 11.0 Å². The maximum atomic E-state index is 5.06. The first-order valence-electron chi connectivity index (χ1n) is 3.75. The number of fused-ring (bicyclic) bond motifs is 1. The molecule has 2 rings (SSSR count). The summed E-state index contributed by atoms with van der Waals surface area (Å²) in [6, 6.07) is 3.86. The number of hydrogen-bond donors (Lipinski definition) is 0. The summed E-state index contributed by atoms with van der Waals surface area (Å²) in [7, 11) is 1.62. The summed E-state index contributed by atoms with van der Waals surface area (Å²) in [6.07, 6.45) is 3.38. The van der Waals surface area contributed by atoms with Gasteiger partial charge in [-0.2, -0.15) is 0 Å². The third-order valence-electron chi connectivity index (χ3n) is 1.71. The first kappa shape index (κ1) is 8.44. The van der Waals surface area contributed by atoms with E-state index in [4.69, 9.17) is 4.74 Å². The summed E-state index contributed by atoms with van der Waals surface area (Å²) in [4.78, 5) is 8.28. The van der Waals surface area contributed by atoms with Crippen molar-refractivity contribution in [3.05, 3.63) is 29.0 Å². The summed E-state index contributed by atoms with van der Waals surface area (Å²) >= 11 is 3.35. The largest absolute Gasteiger partial charge is 0.495 e. The van der Waals surface area contributed by atoms with Crippen LogP contribution in [-0.4, -0.2) is 17.1 Å². The Balaban J connectivity index is 2.68. The van der Waals surface area contributed by atoms with E-state index < -0.39 is 0 Å². The highest BCUT2D eigenvalue weighted by Gasteiger charge is 1.98. The lowest BCUT2D eigenvalue weighted by atomic mass is 10.3. The molecule has 0 saturated heterocycles. The number of hydrogen-bond acceptors (Lipinski definition) is 3. The molecule has 0 N–H and O–H groups in total. The van der Waals surface area contributed by atoms with E-state index in [0.29, 0.717) is 0 Å². The van der Waals surface area contributed by atoms with Crippen LogP contribution in [0.1, 0.15) is 0 Å². The van der Waals surface area contributed by atoms with E-state index in [1.807, 2.05) is 12.1 Å². The lowest BCUT2D eigenvalue weighted by Crippen LogP contribution is -1.87. The van der Waals surface area contributed by atoms with E-state index in [1.165, 1.54) is 0 Å². The SMILES string of the molecule is COc1cnc2ncc(Br)cc2c1. The summed E-state index contributed by atoms with van der Waals surface area (Å²) in [5.74, 6) is 0.743. The number of aromatic nitrogens is 2. The Labute approximate surface area is 83.9 Å². The maximum absolute atomic E-state index is 5.06. The monoisotopic (exact) mass is 238 g/mol. The number of halogens is 1. The smallest absolute Gasteiger partial charge is 0.159 e. The Kier molecular flexibility index (Phi) is 2.14. The zero-order valence-corrected chi connectivity index (χ0v) is 8.58. The molecule has 0 unspecified atom stereocenters. The average molecular weight is 239 g/mol. The molecule has 0 fully saturated rings. The fraction of sp³-hybridized carbons (Fsp3) is 0.111. The van der Waals surface area contributed by atoms with Crippen molar-refractivity contribution in [1.82, 2.24) is 9.97 Å². The first-order valence-corrected chi connectivity index (χ1v) is 4.54. The standard InChI is InChI=1S/C9H7BrN2O/c1-13-8-3-6-2-7(10)4-11-9(6)12-5-8/h2-5H,1H3. The zero-order valence-electron chi connectivity index (χ0n) is 6.99. The van der Waals surface area contributed by atoms with Crippen molar-refractivity contribution in [3.8, 4) is 5.75 Å². The number of pyridine rings is 2. The highest BCUT2D eigenvalue weighted by molar-refractivity contribution is 9.10. The van der Waals surface area contributed by atoms with Crippen molar-refractivity contribution in [2.24, 2.45) is 0 Å². The Bertz CT molecular complexity index is 445. The van der Waals surface area contributed by atoms with Crippen LogP contribution in [0.2, 0.25) is 0 Å². The lowest BCUT2D eigenvalue weighted by molar-refractivity contribution is 0.413. The van der Waals surface area contributed by atoms with E-state index in [1.54, 1.807) is 19.5 Å². The summed E-state index contributed by atoms with van der Waals surface area (Å²) < 4.78 is 6.00. The van der Waals surface area contributed by atoms with Crippen molar-refractivity contribution in [2.75, 3.05) is 7.11 Å². The molecule has 0 amide bonds. The van der Waals surface area contributed by atoms with Crippen molar-refractivity contribution in [2.45, 2.75) is 0 Å². The van der Waals surface area contributed by atoms with Gasteiger partial charge in [0.25, 0.3) is 0 Å². The van der Waals surface area contributed by atoms with E-state index in [2.05, 4.69) is 25.9 Å². The molecule has 0 aromatic carbocycles. The van der Waals surface area contributed by atoms with Crippen LogP contribution in [-0.2, 0) is 0 Å². The van der Waals surface area contributed by atoms with Gasteiger partial charge in [-0.1, -0.05) is 0 Å². The van der Waals surface area contributed by atoms with Gasteiger partial charge in [-0.05, 0) is 28.1 Å². The van der Waals surface area contributed by atoms with Gasteiger partial charge in [0.05, 0.1) is 13.3 Å². The minimum Gasteiger partial charge on any atom is -0.495 e. The third kappa shape index (κ3) is 1.62. The molecule has 0 radical (unpaired) electrons. The predicted molar refractivity (Wildman–Crippen MR) is 53.8 cm³/mol. The second-order valence-corrected chi connectivity index (χ2v) is 3.49. The third-order valence-corrected chi connectivity index (χ3v) is 2.14. The van der Waals surface area contributed by atoms with Crippen LogP contribution in [0.15, 0.2) is 29.0 Å². The molecular weight excluding hydrogens is 232 g/mol. The molecule has 2 heterocycles. The van der Waals surface area contributed by atoms with Crippen molar-refractivity contribution in [3.63, 3.8) is 0 Å². The number of methoxy groups -OCH3 is 1. The Morgan fingerprint density at radius 3 is 2.77 bits per heavy atom. The molecule has 0 aliphatic rings. The van der Waals surface area contributed by atoms with E-state index in [-0.39, 0.29) is 0 Å². The molecule has 0 aliphatic heterocycles. The zero-order chi connectivity index (χ0) is 9.26. The summed E-state index contributed by atoms with van der Waals surface area (Å²) in [5.41, 5.74) is 0.726. The predicted octanol–water partition coefficient (Wildman–Crippen LogP) is 2.40. The minimum absolute atomic E-state index is 0.726. The molecule has 13 heavy (non-hydrogen) atoms. The van der Waals surface area contributed by atoms with Crippen molar-refractivity contribution in [1.29, 1.82) is 0 Å². The number of ether oxygens (including phenoxy) is 1. The molecule has 0 bridgehead atoms. The second-order valence-electron chi connectivity index (χ2n) is 2.58. The van der Waals surface area contributed by atoms with E-state index >= 15 is 0 Å². The van der Waals surface area contributed by atoms with Gasteiger partial charge >= 0.3 is 0 Å². The second kappa shape index (κ2) is 3.30. The van der Waals surface area contributed by atoms with Gasteiger partial charge in [0.2, 0.25) is 0 Å². The molecule has 0 atom stereocenters. The highest BCUT2D eigenvalue weighted by atomic mass is 79.9. The summed E-state index contributed by atoms with van der Waals surface area (Å²) in [6.45, 7) is 0. The van der Waals surface area contributed by atoms with Crippen LogP contribution in [0.5, 0.6) is 5.75 Å². The van der Waals surface area contributed by atoms with Crippen LogP contribution in [0.3, 0.4) is 0 Å². The first-order chi connectivity index (χ1) is 6.29. The molecule has 0 saturated carbocycles. The van der Waals surface area contributed by atoms with Crippen molar-refractivity contribution < 1.29 is 4.74 Å². The topological polar surface area (TPSA) is 35.0 Å². The van der Waals surface area contributed by atoms with Crippen LogP contribution in [0, 0.1) is 0 Å². The number of rotatable bonds is 1. The Hall–Kier alpha value is -1.16.